The Morgan fingerprint density at radius 3 is 3.00 bits per heavy atom. The number of hydrazine groups is 1. The van der Waals surface area contributed by atoms with E-state index in [4.69, 9.17) is 12.2 Å². The van der Waals surface area contributed by atoms with E-state index in [1.807, 2.05) is 29.5 Å². The average Bonchev–Trinajstić information content (AvgIpc) is 3.00. The molecule has 1 saturated heterocycles. The van der Waals surface area contributed by atoms with Crippen molar-refractivity contribution in [3.63, 3.8) is 0 Å². The maximum absolute atomic E-state index is 9.58. The molecule has 0 aliphatic carbocycles. The molecule has 1 atom stereocenters. The number of phenols is 1. The third-order valence-electron chi connectivity index (χ3n) is 2.31. The Morgan fingerprint density at radius 2 is 2.33 bits per heavy atom. The first kappa shape index (κ1) is 10.7. The summed E-state index contributed by atoms with van der Waals surface area (Å²) in [5.41, 5.74) is 4.10. The maximum Gasteiger partial charge on any atom is 0.151 e. The van der Waals surface area contributed by atoms with Gasteiger partial charge in [0.1, 0.15) is 11.9 Å². The van der Waals surface area contributed by atoms with Gasteiger partial charge in [-0.1, -0.05) is 42.2 Å². The molecule has 2 rings (SSSR count). The highest BCUT2D eigenvalue weighted by Gasteiger charge is 2.35. The van der Waals surface area contributed by atoms with Crippen LogP contribution in [-0.4, -0.2) is 26.9 Å². The molecule has 1 aliphatic rings. The van der Waals surface area contributed by atoms with Gasteiger partial charge in [0.25, 0.3) is 0 Å². The zero-order valence-electron chi connectivity index (χ0n) is 8.30. The van der Waals surface area contributed by atoms with Crippen LogP contribution in [0, 0.1) is 0 Å². The lowest BCUT2D eigenvalue weighted by atomic mass is 10.1. The molecule has 2 N–H and O–H groups in total. The van der Waals surface area contributed by atoms with E-state index in [1.54, 1.807) is 17.8 Å². The SMILES string of the molecule is CSC(=S)N1NC1Cc1ccccc1O. The summed E-state index contributed by atoms with van der Waals surface area (Å²) in [6.45, 7) is 0. The van der Waals surface area contributed by atoms with E-state index in [1.165, 1.54) is 0 Å². The number of thioether (sulfide) groups is 1. The first-order valence-corrected chi connectivity index (χ1v) is 6.26. The molecule has 5 heteroatoms. The van der Waals surface area contributed by atoms with Gasteiger partial charge in [-0.2, -0.15) is 0 Å². The minimum Gasteiger partial charge on any atom is -0.508 e. The minimum atomic E-state index is 0.234. The van der Waals surface area contributed by atoms with Crippen LogP contribution in [0.4, 0.5) is 0 Å². The molecule has 80 valence electrons. The number of hydrogen-bond acceptors (Lipinski definition) is 4. The smallest absolute Gasteiger partial charge is 0.151 e. The zero-order chi connectivity index (χ0) is 10.8. The van der Waals surface area contributed by atoms with E-state index in [9.17, 15) is 5.11 Å². The Hall–Kier alpha value is -0.780. The molecule has 1 heterocycles. The number of phenolic OH excluding ortho intramolecular Hbond substituents is 1. The lowest BCUT2D eigenvalue weighted by Crippen LogP contribution is -2.08. The van der Waals surface area contributed by atoms with E-state index < -0.39 is 0 Å². The van der Waals surface area contributed by atoms with Crippen molar-refractivity contribution >= 4 is 28.3 Å². The first-order chi connectivity index (χ1) is 7.22. The summed E-state index contributed by atoms with van der Waals surface area (Å²) in [6.07, 6.45) is 2.96. The monoisotopic (exact) mass is 240 g/mol. The van der Waals surface area contributed by atoms with Gasteiger partial charge in [0.15, 0.2) is 4.32 Å². The molecule has 1 unspecified atom stereocenters. The fourth-order valence-electron chi connectivity index (χ4n) is 1.43. The normalized spacial score (nSPS) is 19.0. The minimum absolute atomic E-state index is 0.234. The number of nitrogens with zero attached hydrogens (tertiary/aromatic N) is 1. The lowest BCUT2D eigenvalue weighted by Gasteiger charge is -2.03. The number of hydrogen-bond donors (Lipinski definition) is 2. The molecule has 0 saturated carbocycles. The Balaban J connectivity index is 1.95. The predicted octanol–water partition coefficient (Wildman–Crippen LogP) is 1.73. The highest BCUT2D eigenvalue weighted by Crippen LogP contribution is 2.24. The second-order valence-electron chi connectivity index (χ2n) is 3.32. The fraction of sp³-hybridized carbons (Fsp3) is 0.300. The van der Waals surface area contributed by atoms with Crippen LogP contribution in [0.15, 0.2) is 24.3 Å². The molecule has 0 amide bonds. The Morgan fingerprint density at radius 1 is 1.60 bits per heavy atom. The molecule has 15 heavy (non-hydrogen) atoms. The number of para-hydroxylation sites is 1. The van der Waals surface area contributed by atoms with E-state index >= 15 is 0 Å². The molecule has 1 aliphatic heterocycles. The molecule has 1 fully saturated rings. The Kier molecular flexibility index (Phi) is 3.14. The van der Waals surface area contributed by atoms with Crippen molar-refractivity contribution in [2.24, 2.45) is 0 Å². The number of benzene rings is 1. The second kappa shape index (κ2) is 4.38. The molecule has 1 aromatic rings. The summed E-state index contributed by atoms with van der Waals surface area (Å²) in [5.74, 6) is 0.348. The van der Waals surface area contributed by atoms with Crippen LogP contribution in [0.3, 0.4) is 0 Å². The molecule has 0 radical (unpaired) electrons. The average molecular weight is 240 g/mol. The highest BCUT2D eigenvalue weighted by molar-refractivity contribution is 8.22. The summed E-state index contributed by atoms with van der Waals surface area (Å²) < 4.78 is 0.843. The van der Waals surface area contributed by atoms with Crippen LogP contribution in [-0.2, 0) is 6.42 Å². The Bertz CT molecular complexity index is 383. The van der Waals surface area contributed by atoms with Crippen molar-refractivity contribution in [3.8, 4) is 5.75 Å². The van der Waals surface area contributed by atoms with Gasteiger partial charge in [-0.15, -0.1) is 0 Å². The van der Waals surface area contributed by atoms with E-state index in [0.717, 1.165) is 16.3 Å². The number of nitrogens with one attached hydrogen (secondary N) is 1. The Labute approximate surface area is 98.4 Å². The number of aromatic hydroxyl groups is 1. The molecule has 3 nitrogen and oxygen atoms in total. The fourth-order valence-corrected chi connectivity index (χ4v) is 1.99. The summed E-state index contributed by atoms with van der Waals surface area (Å²) >= 11 is 6.68. The lowest BCUT2D eigenvalue weighted by molar-refractivity contribution is 0.467. The van der Waals surface area contributed by atoms with Gasteiger partial charge in [-0.25, -0.2) is 5.43 Å². The van der Waals surface area contributed by atoms with E-state index in [2.05, 4.69) is 5.43 Å². The van der Waals surface area contributed by atoms with Crippen molar-refractivity contribution in [3.05, 3.63) is 29.8 Å². The highest BCUT2D eigenvalue weighted by atomic mass is 32.2. The molecule has 0 spiro atoms. The predicted molar refractivity (Wildman–Crippen MR) is 66.7 cm³/mol. The van der Waals surface area contributed by atoms with Crippen molar-refractivity contribution in [1.29, 1.82) is 0 Å². The number of rotatable bonds is 2. The molecule has 0 aromatic heterocycles. The van der Waals surface area contributed by atoms with Gasteiger partial charge < -0.3 is 5.11 Å². The van der Waals surface area contributed by atoms with Gasteiger partial charge in [0.05, 0.1) is 0 Å². The molecular weight excluding hydrogens is 228 g/mol. The third kappa shape index (κ3) is 2.42. The van der Waals surface area contributed by atoms with Gasteiger partial charge >= 0.3 is 0 Å². The second-order valence-corrected chi connectivity index (χ2v) is 4.76. The molecule has 1 aromatic carbocycles. The number of thiocarbonyl (C=S) groups is 1. The molecule has 0 bridgehead atoms. The van der Waals surface area contributed by atoms with E-state index in [0.29, 0.717) is 5.75 Å². The van der Waals surface area contributed by atoms with Crippen molar-refractivity contribution in [1.82, 2.24) is 10.4 Å². The van der Waals surface area contributed by atoms with Gasteiger partial charge in [0, 0.05) is 6.42 Å². The van der Waals surface area contributed by atoms with Crippen LogP contribution >= 0.6 is 24.0 Å². The summed E-state index contributed by atoms with van der Waals surface area (Å²) in [5, 5.41) is 11.5. The largest absolute Gasteiger partial charge is 0.508 e. The molecular formula is C10H12N2OS2. The van der Waals surface area contributed by atoms with Gasteiger partial charge in [-0.05, 0) is 17.9 Å². The van der Waals surface area contributed by atoms with Crippen LogP contribution in [0.5, 0.6) is 5.75 Å². The summed E-state index contributed by atoms with van der Waals surface area (Å²) in [7, 11) is 0. The first-order valence-electron chi connectivity index (χ1n) is 4.62. The van der Waals surface area contributed by atoms with Crippen LogP contribution in [0.2, 0.25) is 0 Å². The summed E-state index contributed by atoms with van der Waals surface area (Å²) in [6, 6.07) is 7.38. The van der Waals surface area contributed by atoms with Crippen LogP contribution in [0.1, 0.15) is 5.56 Å². The van der Waals surface area contributed by atoms with Crippen molar-refractivity contribution in [2.75, 3.05) is 6.26 Å². The third-order valence-corrected chi connectivity index (χ3v) is 3.55. The van der Waals surface area contributed by atoms with E-state index in [-0.39, 0.29) is 6.17 Å². The van der Waals surface area contributed by atoms with Crippen molar-refractivity contribution in [2.45, 2.75) is 12.6 Å². The standard InChI is InChI=1S/C10H12N2OS2/c1-15-10(14)12-9(11-12)6-7-4-2-3-5-8(7)13/h2-5,9,11,13H,6H2,1H3. The quantitative estimate of drug-likeness (QED) is 0.609. The topological polar surface area (TPSA) is 45.2 Å². The summed E-state index contributed by atoms with van der Waals surface area (Å²) in [4.78, 5) is 0. The van der Waals surface area contributed by atoms with Gasteiger partial charge in [-0.3, -0.25) is 5.01 Å². The van der Waals surface area contributed by atoms with Crippen LogP contribution < -0.4 is 5.43 Å². The maximum atomic E-state index is 9.58. The zero-order valence-corrected chi connectivity index (χ0v) is 9.94. The van der Waals surface area contributed by atoms with Gasteiger partial charge in [0.2, 0.25) is 0 Å². The van der Waals surface area contributed by atoms with Crippen molar-refractivity contribution < 1.29 is 5.11 Å². The van der Waals surface area contributed by atoms with Crippen LogP contribution in [0.25, 0.3) is 0 Å².